The zero-order valence-corrected chi connectivity index (χ0v) is 30.8. The van der Waals surface area contributed by atoms with Crippen molar-refractivity contribution in [3.05, 3.63) is 204 Å². The Hall–Kier alpha value is -8.68. The summed E-state index contributed by atoms with van der Waals surface area (Å²) in [5.41, 5.74) is 13.3. The van der Waals surface area contributed by atoms with Crippen molar-refractivity contribution in [1.82, 2.24) is 9.13 Å². The van der Waals surface area contributed by atoms with Crippen molar-refractivity contribution >= 4 is 55.0 Å². The molecule has 0 fully saturated rings. The number of nitrogens with zero attached hydrogens (tertiary/aromatic N) is 6. The van der Waals surface area contributed by atoms with Crippen LogP contribution in [0.1, 0.15) is 11.1 Å². The van der Waals surface area contributed by atoms with Gasteiger partial charge in [-0.2, -0.15) is 10.5 Å². The van der Waals surface area contributed by atoms with E-state index in [2.05, 4.69) is 97.7 Å². The van der Waals surface area contributed by atoms with Gasteiger partial charge in [0.2, 0.25) is 5.69 Å². The molecule has 0 amide bonds. The number of nitriles is 2. The van der Waals surface area contributed by atoms with Crippen LogP contribution >= 0.6 is 0 Å². The summed E-state index contributed by atoms with van der Waals surface area (Å²) in [5.74, 6) is 0. The second-order valence-electron chi connectivity index (χ2n) is 14.2. The highest BCUT2D eigenvalue weighted by Gasteiger charge is 2.25. The van der Waals surface area contributed by atoms with Crippen molar-refractivity contribution in [3.63, 3.8) is 0 Å². The maximum absolute atomic E-state index is 9.95. The van der Waals surface area contributed by atoms with Crippen LogP contribution in [0.3, 0.4) is 0 Å². The Kier molecular flexibility index (Phi) is 7.92. The van der Waals surface area contributed by atoms with E-state index in [1.54, 1.807) is 6.07 Å². The van der Waals surface area contributed by atoms with Crippen LogP contribution in [-0.2, 0) is 0 Å². The fourth-order valence-corrected chi connectivity index (χ4v) is 8.35. The molecule has 6 nitrogen and oxygen atoms in total. The lowest BCUT2D eigenvalue weighted by atomic mass is 9.99. The molecule has 0 radical (unpaired) electrons. The predicted molar refractivity (Wildman–Crippen MR) is 233 cm³/mol. The number of aromatic nitrogens is 2. The molecular weight excluding hydrogens is 709 g/mol. The first-order valence-electron chi connectivity index (χ1n) is 18.7. The summed E-state index contributed by atoms with van der Waals surface area (Å²) in [6.07, 6.45) is 0. The van der Waals surface area contributed by atoms with Crippen LogP contribution in [-0.4, -0.2) is 9.13 Å². The minimum Gasteiger partial charge on any atom is -0.319 e. The van der Waals surface area contributed by atoms with Gasteiger partial charge in [-0.3, -0.25) is 0 Å². The molecule has 0 saturated heterocycles. The molecule has 2 aromatic heterocycles. The number of fused-ring (bicyclic) bond motifs is 6. The van der Waals surface area contributed by atoms with Crippen LogP contribution in [0.4, 0.5) is 11.4 Å². The highest BCUT2D eigenvalue weighted by Crippen LogP contribution is 2.46. The number of hydrogen-bond acceptors (Lipinski definition) is 2. The Bertz CT molecular complexity index is 3480. The van der Waals surface area contributed by atoms with Crippen molar-refractivity contribution in [3.8, 4) is 56.9 Å². The van der Waals surface area contributed by atoms with Crippen LogP contribution in [0, 0.1) is 35.8 Å². The minimum absolute atomic E-state index is 0.472. The van der Waals surface area contributed by atoms with E-state index in [4.69, 9.17) is 13.1 Å². The molecule has 58 heavy (non-hydrogen) atoms. The maximum atomic E-state index is 9.95. The molecule has 8 aromatic carbocycles. The average Bonchev–Trinajstić information content (AvgIpc) is 3.80. The number of para-hydroxylation sites is 2. The van der Waals surface area contributed by atoms with Crippen molar-refractivity contribution in [2.24, 2.45) is 0 Å². The first kappa shape index (κ1) is 33.9. The van der Waals surface area contributed by atoms with E-state index >= 15 is 0 Å². The van der Waals surface area contributed by atoms with Gasteiger partial charge >= 0.3 is 0 Å². The average molecular weight is 737 g/mol. The summed E-state index contributed by atoms with van der Waals surface area (Å²) in [4.78, 5) is 7.96. The third-order valence-corrected chi connectivity index (χ3v) is 11.0. The Morgan fingerprint density at radius 1 is 0.414 bits per heavy atom. The molecule has 6 heteroatoms. The van der Waals surface area contributed by atoms with Crippen LogP contribution in [0.2, 0.25) is 0 Å². The van der Waals surface area contributed by atoms with Crippen LogP contribution in [0.25, 0.3) is 98.1 Å². The molecule has 0 aliphatic rings. The van der Waals surface area contributed by atoms with Crippen molar-refractivity contribution < 1.29 is 0 Å². The smallest absolute Gasteiger partial charge is 0.234 e. The lowest BCUT2D eigenvalue weighted by molar-refractivity contribution is 1.15. The summed E-state index contributed by atoms with van der Waals surface area (Å²) in [6, 6.07) is 60.8. The largest absolute Gasteiger partial charge is 0.319 e. The SMILES string of the molecule is [C-]#[N+]c1ccc(-c2ccc3c(c2)c2ccccc2n3-c2ccc(-c3cccc(C#N)c3)c(-n3c4ccccc4c4cc(-c5ccc(C#N)cc5)ccc43)c2[N+]#[C-])cc1. The van der Waals surface area contributed by atoms with Gasteiger partial charge in [-0.15, -0.1) is 0 Å². The van der Waals surface area contributed by atoms with Crippen LogP contribution in [0.5, 0.6) is 0 Å². The fraction of sp³-hybridized carbons (Fsp3) is 0. The van der Waals surface area contributed by atoms with Gasteiger partial charge in [0.25, 0.3) is 0 Å². The van der Waals surface area contributed by atoms with E-state index in [9.17, 15) is 10.5 Å². The minimum atomic E-state index is 0.472. The summed E-state index contributed by atoms with van der Waals surface area (Å²) >= 11 is 0. The van der Waals surface area contributed by atoms with E-state index in [-0.39, 0.29) is 0 Å². The normalized spacial score (nSPS) is 11.0. The third-order valence-electron chi connectivity index (χ3n) is 11.0. The molecule has 10 rings (SSSR count). The molecular formula is C52H28N6. The van der Waals surface area contributed by atoms with Crippen LogP contribution in [0.15, 0.2) is 170 Å². The second kappa shape index (κ2) is 13.6. The lowest BCUT2D eigenvalue weighted by Gasteiger charge is -2.20. The van der Waals surface area contributed by atoms with Gasteiger partial charge in [0, 0.05) is 21.5 Å². The molecule has 0 aliphatic heterocycles. The maximum Gasteiger partial charge on any atom is 0.234 e. The monoisotopic (exact) mass is 736 g/mol. The Morgan fingerprint density at radius 2 is 0.966 bits per heavy atom. The fourth-order valence-electron chi connectivity index (χ4n) is 8.35. The molecule has 0 aliphatic carbocycles. The molecule has 0 bridgehead atoms. The summed E-state index contributed by atoms with van der Waals surface area (Å²) in [6.45, 7) is 16.3. The predicted octanol–water partition coefficient (Wildman–Crippen LogP) is 13.7. The van der Waals surface area contributed by atoms with E-state index in [1.807, 2.05) is 97.1 Å². The van der Waals surface area contributed by atoms with Gasteiger partial charge in [-0.05, 0) is 100 Å². The highest BCUT2D eigenvalue weighted by atomic mass is 15.1. The Labute approximate surface area is 334 Å². The molecule has 0 unspecified atom stereocenters. The van der Waals surface area contributed by atoms with Crippen molar-refractivity contribution in [1.29, 1.82) is 10.5 Å². The number of benzene rings is 8. The van der Waals surface area contributed by atoms with Gasteiger partial charge in [0.1, 0.15) is 0 Å². The summed E-state index contributed by atoms with van der Waals surface area (Å²) in [5, 5.41) is 23.5. The Morgan fingerprint density at radius 3 is 1.57 bits per heavy atom. The number of hydrogen-bond donors (Lipinski definition) is 0. The first-order valence-corrected chi connectivity index (χ1v) is 18.7. The molecule has 0 spiro atoms. The van der Waals surface area contributed by atoms with Gasteiger partial charge in [0.05, 0.1) is 69.9 Å². The van der Waals surface area contributed by atoms with E-state index in [0.29, 0.717) is 22.5 Å². The standard InChI is InChI=1S/C52H28N6/c1-55-40-22-18-36(19-23-40)38-20-25-48-44(29-38)42-10-3-5-12-46(42)57(48)50-27-24-41(39-9-7-8-34(28-39)32-54)52(51(50)56-2)58-47-13-6-4-11-43(47)45-30-37(21-26-49(45)58)35-16-14-33(31-53)15-17-35/h3-30H. The topological polar surface area (TPSA) is 66.2 Å². The summed E-state index contributed by atoms with van der Waals surface area (Å²) in [7, 11) is 0. The molecule has 10 aromatic rings. The zero-order valence-electron chi connectivity index (χ0n) is 30.8. The molecule has 0 saturated carbocycles. The van der Waals surface area contributed by atoms with Gasteiger partial charge in [-0.25, -0.2) is 9.69 Å². The summed E-state index contributed by atoms with van der Waals surface area (Å²) < 4.78 is 4.40. The van der Waals surface area contributed by atoms with E-state index in [1.165, 1.54) is 0 Å². The molecule has 266 valence electrons. The number of rotatable bonds is 5. The quantitative estimate of drug-likeness (QED) is 0.165. The van der Waals surface area contributed by atoms with Gasteiger partial charge in [0.15, 0.2) is 5.69 Å². The van der Waals surface area contributed by atoms with Crippen LogP contribution < -0.4 is 0 Å². The highest BCUT2D eigenvalue weighted by molar-refractivity contribution is 6.13. The van der Waals surface area contributed by atoms with E-state index < -0.39 is 0 Å². The molecule has 2 heterocycles. The van der Waals surface area contributed by atoms with Crippen molar-refractivity contribution in [2.75, 3.05) is 0 Å². The molecule has 0 atom stereocenters. The Balaban J connectivity index is 1.28. The second-order valence-corrected chi connectivity index (χ2v) is 14.2. The lowest BCUT2D eigenvalue weighted by Crippen LogP contribution is -2.02. The zero-order chi connectivity index (χ0) is 39.3. The first-order chi connectivity index (χ1) is 28.6. The third kappa shape index (κ3) is 5.31. The van der Waals surface area contributed by atoms with Gasteiger partial charge < -0.3 is 9.13 Å². The molecule has 0 N–H and O–H groups in total. The van der Waals surface area contributed by atoms with Gasteiger partial charge in [-0.1, -0.05) is 103 Å². The van der Waals surface area contributed by atoms with E-state index in [0.717, 1.165) is 88.4 Å². The van der Waals surface area contributed by atoms with Crippen molar-refractivity contribution in [2.45, 2.75) is 0 Å².